The predicted octanol–water partition coefficient (Wildman–Crippen LogP) is 7.96. The number of carbonyl (C=O) groups excluding carboxylic acids is 2. The molecule has 0 N–H and O–H groups in total. The summed E-state index contributed by atoms with van der Waals surface area (Å²) in [5.74, 6) is 1.07. The maximum Gasteiger partial charge on any atom is 0.330 e. The lowest BCUT2D eigenvalue weighted by Gasteiger charge is -2.09. The predicted molar refractivity (Wildman–Crippen MR) is 168 cm³/mol. The van der Waals surface area contributed by atoms with Crippen LogP contribution in [0.1, 0.15) is 62.5 Å². The summed E-state index contributed by atoms with van der Waals surface area (Å²) >= 11 is 0. The molecule has 0 heterocycles. The summed E-state index contributed by atoms with van der Waals surface area (Å²) in [6.07, 6.45) is 12.1. The van der Waals surface area contributed by atoms with E-state index in [1.807, 2.05) is 18.2 Å². The molecule has 3 aromatic rings. The van der Waals surface area contributed by atoms with Crippen molar-refractivity contribution in [3.8, 4) is 11.5 Å². The number of hydrogen-bond acceptors (Lipinski definition) is 6. The molecule has 0 aromatic heterocycles. The minimum atomic E-state index is -0.360. The average molecular weight is 573 g/mol. The van der Waals surface area contributed by atoms with Crippen molar-refractivity contribution in [1.29, 1.82) is 0 Å². The Morgan fingerprint density at radius 1 is 0.524 bits per heavy atom. The fraction of sp³-hybridized carbons (Fsp3) is 0.389. The van der Waals surface area contributed by atoms with E-state index >= 15 is 0 Å². The van der Waals surface area contributed by atoms with Gasteiger partial charge in [-0.05, 0) is 110 Å². The summed E-state index contributed by atoms with van der Waals surface area (Å²) in [6.45, 7) is 9.04. The SMILES string of the molecule is C=CC(=O)OCCCCCCOc1ccc(CCc2ccc3cc(OCCCCCCOC(=O)C=C)ccc3c2)cc1. The zero-order chi connectivity index (χ0) is 29.8. The van der Waals surface area contributed by atoms with E-state index in [1.165, 1.54) is 34.1 Å². The summed E-state index contributed by atoms with van der Waals surface area (Å²) in [4.78, 5) is 22.0. The Bertz CT molecular complexity index is 1260. The van der Waals surface area contributed by atoms with Gasteiger partial charge in [0.1, 0.15) is 11.5 Å². The maximum atomic E-state index is 11.0. The number of benzene rings is 3. The summed E-state index contributed by atoms with van der Waals surface area (Å²) in [6, 6.07) is 21.3. The van der Waals surface area contributed by atoms with Crippen molar-refractivity contribution in [2.24, 2.45) is 0 Å². The van der Waals surface area contributed by atoms with Gasteiger partial charge in [-0.2, -0.15) is 0 Å². The first-order valence-corrected chi connectivity index (χ1v) is 15.0. The van der Waals surface area contributed by atoms with E-state index in [1.54, 1.807) is 0 Å². The van der Waals surface area contributed by atoms with E-state index in [2.05, 4.69) is 55.6 Å². The largest absolute Gasteiger partial charge is 0.494 e. The van der Waals surface area contributed by atoms with Crippen molar-refractivity contribution >= 4 is 22.7 Å². The number of unbranched alkanes of at least 4 members (excludes halogenated alkanes) is 6. The van der Waals surface area contributed by atoms with E-state index in [-0.39, 0.29) is 11.9 Å². The third-order valence-corrected chi connectivity index (χ3v) is 6.94. The van der Waals surface area contributed by atoms with Crippen LogP contribution in [-0.2, 0) is 31.9 Å². The minimum absolute atomic E-state index is 0.359. The molecule has 0 spiro atoms. The normalized spacial score (nSPS) is 10.7. The molecule has 0 bridgehead atoms. The van der Waals surface area contributed by atoms with Crippen LogP contribution >= 0.6 is 0 Å². The van der Waals surface area contributed by atoms with Crippen LogP contribution in [0.3, 0.4) is 0 Å². The molecule has 0 aliphatic heterocycles. The molecule has 42 heavy (non-hydrogen) atoms. The fourth-order valence-corrected chi connectivity index (χ4v) is 4.52. The van der Waals surface area contributed by atoms with Crippen LogP contribution in [0.5, 0.6) is 11.5 Å². The van der Waals surface area contributed by atoms with Gasteiger partial charge in [-0.1, -0.05) is 49.6 Å². The first-order valence-electron chi connectivity index (χ1n) is 15.0. The molecule has 0 atom stereocenters. The highest BCUT2D eigenvalue weighted by molar-refractivity contribution is 5.84. The summed E-state index contributed by atoms with van der Waals surface area (Å²) in [5.41, 5.74) is 2.60. The van der Waals surface area contributed by atoms with Gasteiger partial charge >= 0.3 is 11.9 Å². The highest BCUT2D eigenvalue weighted by Crippen LogP contribution is 2.23. The highest BCUT2D eigenvalue weighted by Gasteiger charge is 2.03. The van der Waals surface area contributed by atoms with E-state index in [4.69, 9.17) is 18.9 Å². The first kappa shape index (κ1) is 32.5. The molecule has 6 heteroatoms. The highest BCUT2D eigenvalue weighted by atomic mass is 16.5. The number of carbonyl (C=O) groups is 2. The van der Waals surface area contributed by atoms with Crippen molar-refractivity contribution in [1.82, 2.24) is 0 Å². The Labute approximate surface area is 250 Å². The molecule has 0 saturated heterocycles. The molecule has 224 valence electrons. The average Bonchev–Trinajstić information content (AvgIpc) is 3.02. The van der Waals surface area contributed by atoms with Crippen LogP contribution < -0.4 is 9.47 Å². The van der Waals surface area contributed by atoms with Crippen molar-refractivity contribution < 1.29 is 28.5 Å². The van der Waals surface area contributed by atoms with Crippen LogP contribution in [0, 0.1) is 0 Å². The lowest BCUT2D eigenvalue weighted by atomic mass is 10.0. The molecule has 0 saturated carbocycles. The molecule has 0 fully saturated rings. The van der Waals surface area contributed by atoms with Crippen LogP contribution in [0.4, 0.5) is 0 Å². The van der Waals surface area contributed by atoms with Crippen LogP contribution in [0.2, 0.25) is 0 Å². The number of hydrogen-bond donors (Lipinski definition) is 0. The minimum Gasteiger partial charge on any atom is -0.494 e. The van der Waals surface area contributed by atoms with E-state index in [0.717, 1.165) is 75.7 Å². The fourth-order valence-electron chi connectivity index (χ4n) is 4.52. The number of ether oxygens (including phenoxy) is 4. The molecular weight excluding hydrogens is 528 g/mol. The van der Waals surface area contributed by atoms with Gasteiger partial charge < -0.3 is 18.9 Å². The number of fused-ring (bicyclic) bond motifs is 1. The topological polar surface area (TPSA) is 71.1 Å². The lowest BCUT2D eigenvalue weighted by molar-refractivity contribution is -0.138. The summed E-state index contributed by atoms with van der Waals surface area (Å²) in [5, 5.41) is 2.40. The molecule has 0 aliphatic rings. The van der Waals surface area contributed by atoms with E-state index in [0.29, 0.717) is 26.4 Å². The van der Waals surface area contributed by atoms with Gasteiger partial charge in [-0.25, -0.2) is 9.59 Å². The third-order valence-electron chi connectivity index (χ3n) is 6.94. The first-order chi connectivity index (χ1) is 20.6. The molecule has 6 nitrogen and oxygen atoms in total. The van der Waals surface area contributed by atoms with Crippen molar-refractivity contribution in [3.05, 3.63) is 97.1 Å². The molecule has 0 amide bonds. The van der Waals surface area contributed by atoms with Crippen molar-refractivity contribution in [2.75, 3.05) is 26.4 Å². The van der Waals surface area contributed by atoms with Gasteiger partial charge in [0.15, 0.2) is 0 Å². The molecule has 0 aliphatic carbocycles. The van der Waals surface area contributed by atoms with Gasteiger partial charge in [0, 0.05) is 12.2 Å². The van der Waals surface area contributed by atoms with Gasteiger partial charge in [-0.15, -0.1) is 0 Å². The zero-order valence-corrected chi connectivity index (χ0v) is 24.7. The Morgan fingerprint density at radius 3 is 1.57 bits per heavy atom. The summed E-state index contributed by atoms with van der Waals surface area (Å²) < 4.78 is 21.8. The van der Waals surface area contributed by atoms with Crippen LogP contribution in [0.15, 0.2) is 86.0 Å². The maximum absolute atomic E-state index is 11.0. The van der Waals surface area contributed by atoms with Gasteiger partial charge in [0.2, 0.25) is 0 Å². The van der Waals surface area contributed by atoms with Crippen LogP contribution in [0.25, 0.3) is 10.8 Å². The van der Waals surface area contributed by atoms with Crippen molar-refractivity contribution in [2.45, 2.75) is 64.2 Å². The molecule has 0 radical (unpaired) electrons. The quantitative estimate of drug-likeness (QED) is 0.0733. The second kappa shape index (κ2) is 19.1. The second-order valence-corrected chi connectivity index (χ2v) is 10.3. The van der Waals surface area contributed by atoms with Gasteiger partial charge in [-0.3, -0.25) is 0 Å². The molecular formula is C36H44O6. The van der Waals surface area contributed by atoms with Crippen molar-refractivity contribution in [3.63, 3.8) is 0 Å². The molecule has 0 unspecified atom stereocenters. The van der Waals surface area contributed by atoms with E-state index < -0.39 is 0 Å². The number of esters is 2. The monoisotopic (exact) mass is 572 g/mol. The Balaban J connectivity index is 1.30. The van der Waals surface area contributed by atoms with E-state index in [9.17, 15) is 9.59 Å². The smallest absolute Gasteiger partial charge is 0.330 e. The Morgan fingerprint density at radius 2 is 0.976 bits per heavy atom. The second-order valence-electron chi connectivity index (χ2n) is 10.3. The molecule has 3 rings (SSSR count). The number of rotatable bonds is 21. The standard InChI is InChI=1S/C36H44O6/c1-3-35(37)41-25-11-7-5-9-23-39-33-20-16-29(17-21-33)13-14-30-15-18-32-28-34(22-19-31(32)27-30)40-24-10-6-8-12-26-42-36(38)4-2/h3-4,15-22,27-28H,1-2,5-14,23-26H2. The van der Waals surface area contributed by atoms with Gasteiger partial charge in [0.25, 0.3) is 0 Å². The van der Waals surface area contributed by atoms with Crippen LogP contribution in [-0.4, -0.2) is 38.4 Å². The molecule has 3 aromatic carbocycles. The number of aryl methyl sites for hydroxylation is 2. The summed E-state index contributed by atoms with van der Waals surface area (Å²) in [7, 11) is 0. The Kier molecular flexibility index (Phi) is 14.8. The lowest BCUT2D eigenvalue weighted by Crippen LogP contribution is -2.02. The van der Waals surface area contributed by atoms with Gasteiger partial charge in [0.05, 0.1) is 26.4 Å². The third kappa shape index (κ3) is 12.6. The Hall–Kier alpha value is -4.06. The zero-order valence-electron chi connectivity index (χ0n) is 24.7.